The number of nitrogen functional groups attached to an aromatic ring is 1. The van der Waals surface area contributed by atoms with Crippen LogP contribution in [-0.4, -0.2) is 142 Å². The SMILES string of the molecule is CN(C)[C@]1(C)[C@H](O)[C@@H](COP(O)(=S)OP(=O)(O)OC2OC([C@@H](O)CO)C(O)C(O)C2O)O[C@H]1c1c[nH]c2c(N)ncnc12. The molecule has 0 saturated carbocycles. The van der Waals surface area contributed by atoms with Crippen LogP contribution in [-0.2, 0) is 39.2 Å². The van der Waals surface area contributed by atoms with Gasteiger partial charge < -0.3 is 65.1 Å². The molecule has 0 amide bonds. The van der Waals surface area contributed by atoms with Gasteiger partial charge in [0.2, 0.25) is 0 Å². The van der Waals surface area contributed by atoms with Crippen LogP contribution in [0.2, 0.25) is 0 Å². The Kier molecular flexibility index (Phi) is 10.3. The molecule has 43 heavy (non-hydrogen) atoms. The Bertz CT molecular complexity index is 1390. The lowest BCUT2D eigenvalue weighted by atomic mass is 9.84. The van der Waals surface area contributed by atoms with Crippen LogP contribution < -0.4 is 5.73 Å². The van der Waals surface area contributed by atoms with Gasteiger partial charge in [0.05, 0.1) is 24.3 Å². The first kappa shape index (κ1) is 34.6. The Balaban J connectivity index is 1.46. The molecule has 2 saturated heterocycles. The maximum Gasteiger partial charge on any atom is 0.481 e. The summed E-state index contributed by atoms with van der Waals surface area (Å²) in [5.74, 6) is 0.201. The lowest BCUT2D eigenvalue weighted by Crippen LogP contribution is -2.61. The number of aromatic nitrogens is 3. The van der Waals surface area contributed by atoms with E-state index in [4.69, 9.17) is 41.2 Å². The summed E-state index contributed by atoms with van der Waals surface area (Å²) in [6.45, 7) is -4.46. The van der Waals surface area contributed by atoms with Crippen molar-refractivity contribution in [1.29, 1.82) is 0 Å². The van der Waals surface area contributed by atoms with Gasteiger partial charge in [-0.2, -0.15) is 0 Å². The number of aromatic amines is 1. The number of nitrogens with one attached hydrogen (secondary N) is 1. The van der Waals surface area contributed by atoms with Crippen LogP contribution >= 0.6 is 14.5 Å². The van der Waals surface area contributed by atoms with Crippen LogP contribution in [0.25, 0.3) is 11.0 Å². The average molecular weight is 676 g/mol. The summed E-state index contributed by atoms with van der Waals surface area (Å²) in [6.07, 6.45) is -12.1. The Labute approximate surface area is 249 Å². The molecule has 19 nitrogen and oxygen atoms in total. The lowest BCUT2D eigenvalue weighted by molar-refractivity contribution is -0.292. The molecule has 244 valence electrons. The molecule has 2 aromatic rings. The third-order valence-electron chi connectivity index (χ3n) is 7.58. The minimum Gasteiger partial charge on any atom is -0.394 e. The second-order valence-corrected chi connectivity index (χ2v) is 14.8. The lowest BCUT2D eigenvalue weighted by Gasteiger charge is -2.41. The van der Waals surface area contributed by atoms with Gasteiger partial charge in [0.25, 0.3) is 0 Å². The second-order valence-electron chi connectivity index (χ2n) is 10.5. The third kappa shape index (κ3) is 6.81. The molecular weight excluding hydrogens is 640 g/mol. The van der Waals surface area contributed by atoms with E-state index in [0.717, 1.165) is 0 Å². The van der Waals surface area contributed by atoms with Gasteiger partial charge in [-0.15, -0.1) is 0 Å². The minimum atomic E-state index is -5.43. The van der Waals surface area contributed by atoms with Crippen LogP contribution in [0.15, 0.2) is 12.5 Å². The van der Waals surface area contributed by atoms with Crippen molar-refractivity contribution in [3.63, 3.8) is 0 Å². The van der Waals surface area contributed by atoms with E-state index >= 15 is 0 Å². The first-order chi connectivity index (χ1) is 19.9. The molecule has 0 aliphatic carbocycles. The van der Waals surface area contributed by atoms with E-state index < -0.39 is 88.4 Å². The van der Waals surface area contributed by atoms with E-state index in [0.29, 0.717) is 16.6 Å². The van der Waals surface area contributed by atoms with Crippen molar-refractivity contribution in [2.45, 2.75) is 67.6 Å². The molecule has 2 aromatic heterocycles. The van der Waals surface area contributed by atoms with Gasteiger partial charge in [0.1, 0.15) is 60.7 Å². The van der Waals surface area contributed by atoms with Crippen molar-refractivity contribution >= 4 is 43.2 Å². The predicted octanol–water partition coefficient (Wildman–Crippen LogP) is -2.81. The highest BCUT2D eigenvalue weighted by molar-refractivity contribution is 8.08. The number of ether oxygens (including phenoxy) is 2. The summed E-state index contributed by atoms with van der Waals surface area (Å²) in [5.41, 5.74) is 6.29. The molecule has 11 N–H and O–H groups in total. The molecule has 0 aromatic carbocycles. The number of aliphatic hydroxyl groups excluding tert-OH is 6. The van der Waals surface area contributed by atoms with E-state index in [2.05, 4.69) is 19.3 Å². The maximum atomic E-state index is 12.7. The summed E-state index contributed by atoms with van der Waals surface area (Å²) < 4.78 is 38.4. The number of aliphatic hydroxyl groups is 6. The van der Waals surface area contributed by atoms with Crippen molar-refractivity contribution in [3.05, 3.63) is 18.1 Å². The smallest absolute Gasteiger partial charge is 0.394 e. The molecule has 0 bridgehead atoms. The number of H-pyrrole nitrogens is 1. The van der Waals surface area contributed by atoms with Gasteiger partial charge in [0.15, 0.2) is 12.1 Å². The number of nitrogens with zero attached hydrogens (tertiary/aromatic N) is 3. The van der Waals surface area contributed by atoms with Gasteiger partial charge >= 0.3 is 14.5 Å². The first-order valence-electron chi connectivity index (χ1n) is 12.7. The van der Waals surface area contributed by atoms with Crippen LogP contribution in [0.5, 0.6) is 0 Å². The molecule has 12 atom stereocenters. The molecule has 2 aliphatic rings. The van der Waals surface area contributed by atoms with Crippen molar-refractivity contribution in [2.24, 2.45) is 0 Å². The van der Waals surface area contributed by atoms with Crippen LogP contribution in [0.4, 0.5) is 5.82 Å². The molecule has 0 spiro atoms. The fourth-order valence-corrected chi connectivity index (χ4v) is 8.07. The van der Waals surface area contributed by atoms with Crippen LogP contribution in [0.1, 0.15) is 18.6 Å². The summed E-state index contributed by atoms with van der Waals surface area (Å²) in [7, 11) is -2.01. The predicted molar refractivity (Wildman–Crippen MR) is 148 cm³/mol. The monoisotopic (exact) mass is 675 g/mol. The highest BCUT2D eigenvalue weighted by Crippen LogP contribution is 2.62. The number of nitrogens with two attached hydrogens (primary N) is 1. The van der Waals surface area contributed by atoms with Crippen molar-refractivity contribution in [2.75, 3.05) is 33.0 Å². The summed E-state index contributed by atoms with van der Waals surface area (Å²) >= 11 is 4.84. The van der Waals surface area contributed by atoms with E-state index in [1.54, 1.807) is 32.1 Å². The fraction of sp³-hybridized carbons (Fsp3) is 0.714. The highest BCUT2D eigenvalue weighted by Gasteiger charge is 2.56. The topological polar surface area (TPSA) is 296 Å². The van der Waals surface area contributed by atoms with E-state index in [1.807, 2.05) is 0 Å². The number of likely N-dealkylation sites (N-methyl/N-ethyl adjacent to an activating group) is 1. The third-order valence-corrected chi connectivity index (χ3v) is 11.1. The summed E-state index contributed by atoms with van der Waals surface area (Å²) in [6, 6.07) is 0. The Morgan fingerprint density at radius 2 is 1.86 bits per heavy atom. The second kappa shape index (κ2) is 12.9. The number of hydrogen-bond acceptors (Lipinski definition) is 17. The van der Waals surface area contributed by atoms with Crippen molar-refractivity contribution < 1.29 is 67.8 Å². The summed E-state index contributed by atoms with van der Waals surface area (Å²) in [5, 5.41) is 60.3. The minimum absolute atomic E-state index is 0.201. The Morgan fingerprint density at radius 3 is 2.49 bits per heavy atom. The van der Waals surface area contributed by atoms with Gasteiger partial charge in [-0.05, 0) is 32.8 Å². The number of rotatable bonds is 11. The largest absolute Gasteiger partial charge is 0.481 e. The van der Waals surface area contributed by atoms with Gasteiger partial charge in [0, 0.05) is 11.8 Å². The van der Waals surface area contributed by atoms with E-state index in [9.17, 15) is 39.9 Å². The van der Waals surface area contributed by atoms with E-state index in [-0.39, 0.29) is 5.82 Å². The quantitative estimate of drug-likeness (QED) is 0.107. The first-order valence-corrected chi connectivity index (χ1v) is 16.8. The number of fused-ring (bicyclic) bond motifs is 1. The number of anilines is 1. The molecule has 7 unspecified atom stereocenters. The molecule has 2 aliphatic heterocycles. The maximum absolute atomic E-state index is 12.7. The van der Waals surface area contributed by atoms with Gasteiger partial charge in [-0.25, -0.2) is 18.8 Å². The summed E-state index contributed by atoms with van der Waals surface area (Å²) in [4.78, 5) is 33.7. The standard InChI is InChI=1S/C21H35N5O14P2S/c1-21(26(2)3)17(32)10(37-18(21)8-4-23-12-11(8)24-7-25-19(12)22)6-36-42(35,43)40-41(33,34)39-20-15(31)13(29)14(30)16(38-20)9(28)5-27/h4,7,9-10,13-18,20,23,27-32H,5-6H2,1-3H3,(H,33,34)(H,35,43)(H2,22,24,25)/t9-,10+,13?,14?,15?,16?,17+,18-,20?,21+,42?/m0/s1. The fourth-order valence-electron chi connectivity index (χ4n) is 4.97. The van der Waals surface area contributed by atoms with Crippen LogP contribution in [0.3, 0.4) is 0 Å². The normalized spacial score (nSPS) is 36.9. The molecular formula is C21H35N5O14P2S. The average Bonchev–Trinajstić information content (AvgIpc) is 3.46. The number of phosphoric ester groups is 1. The van der Waals surface area contributed by atoms with E-state index in [1.165, 1.54) is 6.33 Å². The molecule has 2 fully saturated rings. The Hall–Kier alpha value is -1.26. The zero-order chi connectivity index (χ0) is 32.1. The van der Waals surface area contributed by atoms with Gasteiger partial charge in [-0.1, -0.05) is 0 Å². The zero-order valence-electron chi connectivity index (χ0n) is 23.0. The van der Waals surface area contributed by atoms with Gasteiger partial charge in [-0.3, -0.25) is 9.42 Å². The Morgan fingerprint density at radius 1 is 1.19 bits per heavy atom. The molecule has 4 rings (SSSR count). The number of hydrogen-bond donors (Lipinski definition) is 10. The molecule has 4 heterocycles. The highest BCUT2D eigenvalue weighted by atomic mass is 32.5. The zero-order valence-corrected chi connectivity index (χ0v) is 25.6. The van der Waals surface area contributed by atoms with Crippen molar-refractivity contribution in [3.8, 4) is 0 Å². The molecule has 22 heteroatoms. The number of phosphoric acid groups is 1. The van der Waals surface area contributed by atoms with Crippen LogP contribution in [0, 0.1) is 0 Å². The van der Waals surface area contributed by atoms with Crippen molar-refractivity contribution in [1.82, 2.24) is 19.9 Å². The molecule has 0 radical (unpaired) electrons.